The quantitative estimate of drug-likeness (QED) is 0.598. The van der Waals surface area contributed by atoms with Gasteiger partial charge in [0.1, 0.15) is 12.1 Å². The second-order valence-electron chi connectivity index (χ2n) is 4.15. The number of aromatic nitrogens is 2. The molecule has 3 heteroatoms. The summed E-state index contributed by atoms with van der Waals surface area (Å²) < 4.78 is 3.35. The summed E-state index contributed by atoms with van der Waals surface area (Å²) in [6.45, 7) is 2.11. The molecule has 2 heterocycles. The maximum atomic E-state index is 4.66. The van der Waals surface area contributed by atoms with E-state index in [0.717, 1.165) is 10.5 Å². The lowest BCUT2D eigenvalue weighted by molar-refractivity contribution is -0.677. The smallest absolute Gasteiger partial charge is 0.178 e. The maximum absolute atomic E-state index is 4.66. The summed E-state index contributed by atoms with van der Waals surface area (Å²) >= 11 is 1.74. The third kappa shape index (κ3) is 1.83. The normalized spacial score (nSPS) is 10.9. The molecule has 0 saturated heterocycles. The number of rotatable bonds is 1. The number of thiazole rings is 1. The van der Waals surface area contributed by atoms with Crippen molar-refractivity contribution in [1.29, 1.82) is 0 Å². The first-order valence-electron chi connectivity index (χ1n) is 5.56. The summed E-state index contributed by atoms with van der Waals surface area (Å²) in [7, 11) is 2.05. The Morgan fingerprint density at radius 2 is 2.00 bits per heavy atom. The molecule has 0 aliphatic carbocycles. The number of benzene rings is 1. The standard InChI is InChI=1S/C14H13N2S/c1-10-9-11(7-8-16(10)2)14-15-12-5-3-4-6-13(12)17-14/h3-9H,1-2H3/q+1. The number of hydrogen-bond acceptors (Lipinski definition) is 2. The van der Waals surface area contributed by atoms with Crippen molar-refractivity contribution in [3.8, 4) is 10.6 Å². The number of aryl methyl sites for hydroxylation is 2. The Bertz CT molecular complexity index is 653. The fourth-order valence-electron chi connectivity index (χ4n) is 1.81. The third-order valence-corrected chi connectivity index (χ3v) is 4.02. The molecule has 0 radical (unpaired) electrons. The largest absolute Gasteiger partial charge is 0.236 e. The van der Waals surface area contributed by atoms with E-state index in [1.807, 2.05) is 6.07 Å². The van der Waals surface area contributed by atoms with Crippen LogP contribution in [0.2, 0.25) is 0 Å². The van der Waals surface area contributed by atoms with Gasteiger partial charge in [-0.25, -0.2) is 9.55 Å². The van der Waals surface area contributed by atoms with Gasteiger partial charge in [-0.2, -0.15) is 0 Å². The van der Waals surface area contributed by atoms with Crippen molar-refractivity contribution >= 4 is 21.6 Å². The molecule has 84 valence electrons. The van der Waals surface area contributed by atoms with Crippen LogP contribution in [0.15, 0.2) is 42.6 Å². The minimum Gasteiger partial charge on any atom is -0.236 e. The molecule has 0 fully saturated rings. The molecule has 3 aromatic rings. The van der Waals surface area contributed by atoms with E-state index >= 15 is 0 Å². The number of para-hydroxylation sites is 1. The van der Waals surface area contributed by atoms with Crippen LogP contribution in [0.25, 0.3) is 20.8 Å². The number of pyridine rings is 1. The van der Waals surface area contributed by atoms with E-state index in [4.69, 9.17) is 0 Å². The molecule has 0 N–H and O–H groups in total. The van der Waals surface area contributed by atoms with Gasteiger partial charge in [-0.15, -0.1) is 11.3 Å². The Hall–Kier alpha value is -1.74. The van der Waals surface area contributed by atoms with Crippen LogP contribution in [-0.2, 0) is 7.05 Å². The molecule has 0 spiro atoms. The first-order valence-corrected chi connectivity index (χ1v) is 6.38. The van der Waals surface area contributed by atoms with E-state index in [1.165, 1.54) is 16.0 Å². The lowest BCUT2D eigenvalue weighted by atomic mass is 10.2. The summed E-state index contributed by atoms with van der Waals surface area (Å²) in [4.78, 5) is 4.66. The predicted octanol–water partition coefficient (Wildman–Crippen LogP) is 3.10. The summed E-state index contributed by atoms with van der Waals surface area (Å²) in [5.74, 6) is 0. The zero-order chi connectivity index (χ0) is 11.8. The molecule has 0 saturated carbocycles. The summed E-state index contributed by atoms with van der Waals surface area (Å²) in [5, 5.41) is 1.09. The van der Waals surface area contributed by atoms with Gasteiger partial charge in [-0.05, 0) is 12.1 Å². The molecule has 0 bridgehead atoms. The van der Waals surface area contributed by atoms with Gasteiger partial charge >= 0.3 is 0 Å². The highest BCUT2D eigenvalue weighted by atomic mass is 32.1. The Kier molecular flexibility index (Phi) is 2.41. The Morgan fingerprint density at radius 1 is 1.18 bits per heavy atom. The zero-order valence-electron chi connectivity index (χ0n) is 9.84. The van der Waals surface area contributed by atoms with Gasteiger partial charge < -0.3 is 0 Å². The van der Waals surface area contributed by atoms with Gasteiger partial charge in [0.2, 0.25) is 0 Å². The lowest BCUT2D eigenvalue weighted by Gasteiger charge is -1.96. The van der Waals surface area contributed by atoms with Gasteiger partial charge in [0.15, 0.2) is 11.9 Å². The van der Waals surface area contributed by atoms with E-state index in [0.29, 0.717) is 0 Å². The molecule has 17 heavy (non-hydrogen) atoms. The Morgan fingerprint density at radius 3 is 2.76 bits per heavy atom. The van der Waals surface area contributed by atoms with E-state index in [9.17, 15) is 0 Å². The number of hydrogen-bond donors (Lipinski definition) is 0. The van der Waals surface area contributed by atoms with Crippen molar-refractivity contribution in [3.63, 3.8) is 0 Å². The summed E-state index contributed by atoms with van der Waals surface area (Å²) in [6, 6.07) is 12.6. The van der Waals surface area contributed by atoms with Crippen LogP contribution in [0.5, 0.6) is 0 Å². The van der Waals surface area contributed by atoms with Crippen LogP contribution in [0.1, 0.15) is 5.69 Å². The van der Waals surface area contributed by atoms with Crippen molar-refractivity contribution in [3.05, 3.63) is 48.3 Å². The first-order chi connectivity index (χ1) is 8.24. The van der Waals surface area contributed by atoms with E-state index in [1.54, 1.807) is 11.3 Å². The average molecular weight is 241 g/mol. The van der Waals surface area contributed by atoms with Gasteiger partial charge in [0.05, 0.1) is 10.2 Å². The molecule has 0 aliphatic rings. The topological polar surface area (TPSA) is 16.8 Å². The number of fused-ring (bicyclic) bond motifs is 1. The molecule has 0 unspecified atom stereocenters. The van der Waals surface area contributed by atoms with Crippen LogP contribution in [0.4, 0.5) is 0 Å². The average Bonchev–Trinajstić information content (AvgIpc) is 2.76. The highest BCUT2D eigenvalue weighted by Gasteiger charge is 2.09. The highest BCUT2D eigenvalue weighted by molar-refractivity contribution is 7.21. The minimum absolute atomic E-state index is 1.08. The predicted molar refractivity (Wildman–Crippen MR) is 71.0 cm³/mol. The maximum Gasteiger partial charge on any atom is 0.178 e. The van der Waals surface area contributed by atoms with Crippen LogP contribution in [-0.4, -0.2) is 4.98 Å². The molecule has 0 amide bonds. The van der Waals surface area contributed by atoms with Gasteiger partial charge in [-0.1, -0.05) is 12.1 Å². The first kappa shape index (κ1) is 10.4. The molecular weight excluding hydrogens is 228 g/mol. The van der Waals surface area contributed by atoms with Crippen LogP contribution < -0.4 is 4.57 Å². The highest BCUT2D eigenvalue weighted by Crippen LogP contribution is 2.29. The van der Waals surface area contributed by atoms with Crippen molar-refractivity contribution in [2.24, 2.45) is 7.05 Å². The molecule has 2 nitrogen and oxygen atoms in total. The molecular formula is C14H13N2S+. The second-order valence-corrected chi connectivity index (χ2v) is 5.19. The van der Waals surface area contributed by atoms with Crippen molar-refractivity contribution in [1.82, 2.24) is 4.98 Å². The monoisotopic (exact) mass is 241 g/mol. The van der Waals surface area contributed by atoms with Crippen molar-refractivity contribution in [2.45, 2.75) is 6.92 Å². The number of nitrogens with zero attached hydrogens (tertiary/aromatic N) is 2. The third-order valence-electron chi connectivity index (χ3n) is 2.94. The fraction of sp³-hybridized carbons (Fsp3) is 0.143. The lowest BCUT2D eigenvalue weighted by Crippen LogP contribution is -2.30. The van der Waals surface area contributed by atoms with E-state index in [-0.39, 0.29) is 0 Å². The van der Waals surface area contributed by atoms with E-state index < -0.39 is 0 Å². The second kappa shape index (κ2) is 3.93. The van der Waals surface area contributed by atoms with Crippen LogP contribution >= 0.6 is 11.3 Å². The van der Waals surface area contributed by atoms with Gasteiger partial charge in [0, 0.05) is 24.6 Å². The zero-order valence-corrected chi connectivity index (χ0v) is 10.7. The minimum atomic E-state index is 1.08. The fourth-order valence-corrected chi connectivity index (χ4v) is 2.78. The Balaban J connectivity index is 2.17. The van der Waals surface area contributed by atoms with Crippen LogP contribution in [0.3, 0.4) is 0 Å². The van der Waals surface area contributed by atoms with Crippen LogP contribution in [0, 0.1) is 6.92 Å². The summed E-state index contributed by atoms with van der Waals surface area (Å²) in [5.41, 5.74) is 3.52. The Labute approximate surface area is 104 Å². The van der Waals surface area contributed by atoms with Crippen molar-refractivity contribution in [2.75, 3.05) is 0 Å². The molecule has 2 aromatic heterocycles. The molecule has 0 atom stereocenters. The van der Waals surface area contributed by atoms with Crippen molar-refractivity contribution < 1.29 is 4.57 Å². The molecule has 1 aromatic carbocycles. The molecule has 3 rings (SSSR count). The summed E-state index contributed by atoms with van der Waals surface area (Å²) in [6.07, 6.45) is 2.08. The van der Waals surface area contributed by atoms with Gasteiger partial charge in [-0.3, -0.25) is 0 Å². The van der Waals surface area contributed by atoms with Gasteiger partial charge in [0.25, 0.3) is 0 Å². The van der Waals surface area contributed by atoms with E-state index in [2.05, 4.69) is 60.1 Å². The SMILES string of the molecule is Cc1cc(-c2nc3ccccc3s2)cc[n+]1C. The molecule has 0 aliphatic heterocycles.